The van der Waals surface area contributed by atoms with Gasteiger partial charge in [-0.15, -0.1) is 0 Å². The first-order valence-corrected chi connectivity index (χ1v) is 9.24. The van der Waals surface area contributed by atoms with Crippen molar-refractivity contribution < 1.29 is 13.5 Å². The maximum absolute atomic E-state index is 11.3. The molecule has 108 valence electrons. The highest BCUT2D eigenvalue weighted by Crippen LogP contribution is 2.24. The molecule has 0 radical (unpaired) electrons. The highest BCUT2D eigenvalue weighted by molar-refractivity contribution is 7.91. The number of aliphatic hydroxyl groups excluding tert-OH is 1. The maximum atomic E-state index is 11.3. The van der Waals surface area contributed by atoms with E-state index in [-0.39, 0.29) is 12.0 Å². The Morgan fingerprint density at radius 2 is 1.83 bits per heavy atom. The third kappa shape index (κ3) is 6.74. The van der Waals surface area contributed by atoms with E-state index in [0.29, 0.717) is 17.9 Å². The molecule has 1 fully saturated rings. The van der Waals surface area contributed by atoms with Gasteiger partial charge < -0.3 is 5.11 Å². The zero-order valence-electron chi connectivity index (χ0n) is 11.6. The Balaban J connectivity index is 2.02. The lowest BCUT2D eigenvalue weighted by Gasteiger charge is -2.14. The fourth-order valence-electron chi connectivity index (χ4n) is 2.72. The number of hydrogen-bond acceptors (Lipinski definition) is 3. The van der Waals surface area contributed by atoms with E-state index >= 15 is 0 Å². The van der Waals surface area contributed by atoms with Gasteiger partial charge in [0.2, 0.25) is 0 Å². The first-order chi connectivity index (χ1) is 8.53. The van der Waals surface area contributed by atoms with Crippen molar-refractivity contribution in [3.05, 3.63) is 0 Å². The molecule has 4 heteroatoms. The molecule has 0 bridgehead atoms. The maximum Gasteiger partial charge on any atom is 0.150 e. The molecule has 0 amide bonds. The molecule has 0 spiro atoms. The Labute approximate surface area is 112 Å². The topological polar surface area (TPSA) is 54.4 Å². The number of aliphatic hydroxyl groups is 1. The standard InChI is InChI=1S/C14H28O3S/c1-2-3-4-5-6-7-8-14(15)11-13-9-10-18(16,17)12-13/h13-15H,2-12H2,1H3. The van der Waals surface area contributed by atoms with Gasteiger partial charge >= 0.3 is 0 Å². The van der Waals surface area contributed by atoms with Crippen LogP contribution in [0, 0.1) is 5.92 Å². The molecule has 1 heterocycles. The van der Waals surface area contributed by atoms with Crippen LogP contribution >= 0.6 is 0 Å². The van der Waals surface area contributed by atoms with Crippen LogP contribution in [0.4, 0.5) is 0 Å². The van der Waals surface area contributed by atoms with Crippen molar-refractivity contribution in [2.24, 2.45) is 5.92 Å². The summed E-state index contributed by atoms with van der Waals surface area (Å²) in [5.41, 5.74) is 0. The smallest absolute Gasteiger partial charge is 0.150 e. The summed E-state index contributed by atoms with van der Waals surface area (Å²) < 4.78 is 22.6. The Kier molecular flexibility index (Phi) is 7.23. The Morgan fingerprint density at radius 1 is 1.17 bits per heavy atom. The largest absolute Gasteiger partial charge is 0.393 e. The fraction of sp³-hybridized carbons (Fsp3) is 1.00. The molecular weight excluding hydrogens is 248 g/mol. The van der Waals surface area contributed by atoms with Crippen molar-refractivity contribution in [2.45, 2.75) is 70.8 Å². The minimum Gasteiger partial charge on any atom is -0.393 e. The van der Waals surface area contributed by atoms with Gasteiger partial charge in [0, 0.05) is 0 Å². The van der Waals surface area contributed by atoms with E-state index in [1.54, 1.807) is 0 Å². The summed E-state index contributed by atoms with van der Waals surface area (Å²) in [5.74, 6) is 0.812. The van der Waals surface area contributed by atoms with Crippen LogP contribution < -0.4 is 0 Å². The molecule has 2 unspecified atom stereocenters. The van der Waals surface area contributed by atoms with E-state index in [1.807, 2.05) is 0 Å². The Hall–Kier alpha value is -0.0900. The van der Waals surface area contributed by atoms with Gasteiger partial charge in [-0.2, -0.15) is 0 Å². The predicted molar refractivity (Wildman–Crippen MR) is 75.4 cm³/mol. The molecule has 0 aromatic rings. The molecule has 0 aliphatic carbocycles. The highest BCUT2D eigenvalue weighted by Gasteiger charge is 2.29. The fourth-order valence-corrected chi connectivity index (χ4v) is 4.60. The Bertz CT molecular complexity index is 311. The molecule has 0 aromatic heterocycles. The molecule has 1 N–H and O–H groups in total. The number of unbranched alkanes of at least 4 members (excludes halogenated alkanes) is 5. The van der Waals surface area contributed by atoms with E-state index in [2.05, 4.69) is 6.92 Å². The van der Waals surface area contributed by atoms with Crippen LogP contribution in [-0.4, -0.2) is 31.1 Å². The molecule has 1 rings (SSSR count). The second-order valence-corrected chi connectivity index (χ2v) is 7.94. The SMILES string of the molecule is CCCCCCCCC(O)CC1CCS(=O)(=O)C1. The quantitative estimate of drug-likeness (QED) is 0.659. The predicted octanol–water partition coefficient (Wildman–Crippen LogP) is 2.92. The monoisotopic (exact) mass is 276 g/mol. The van der Waals surface area contributed by atoms with Crippen LogP contribution in [0.5, 0.6) is 0 Å². The minimum absolute atomic E-state index is 0.199. The molecule has 1 saturated heterocycles. The zero-order chi connectivity index (χ0) is 13.4. The molecule has 0 saturated carbocycles. The van der Waals surface area contributed by atoms with Gasteiger partial charge in [0.1, 0.15) is 0 Å². The van der Waals surface area contributed by atoms with Gasteiger partial charge in [-0.25, -0.2) is 8.42 Å². The summed E-state index contributed by atoms with van der Waals surface area (Å²) in [6.07, 6.45) is 9.36. The lowest BCUT2D eigenvalue weighted by molar-refractivity contribution is 0.134. The molecule has 1 aliphatic rings. The summed E-state index contributed by atoms with van der Waals surface area (Å²) in [7, 11) is -2.79. The van der Waals surface area contributed by atoms with E-state index < -0.39 is 9.84 Å². The van der Waals surface area contributed by atoms with Gasteiger partial charge in [0.25, 0.3) is 0 Å². The number of hydrogen-bond donors (Lipinski definition) is 1. The first kappa shape index (κ1) is 16.0. The lowest BCUT2D eigenvalue weighted by atomic mass is 9.97. The van der Waals surface area contributed by atoms with Gasteiger partial charge in [0.15, 0.2) is 9.84 Å². The Morgan fingerprint density at radius 3 is 2.44 bits per heavy atom. The van der Waals surface area contributed by atoms with Crippen LogP contribution in [0.25, 0.3) is 0 Å². The van der Waals surface area contributed by atoms with E-state index in [1.165, 1.54) is 32.1 Å². The van der Waals surface area contributed by atoms with Gasteiger partial charge in [0.05, 0.1) is 17.6 Å². The average molecular weight is 276 g/mol. The lowest BCUT2D eigenvalue weighted by Crippen LogP contribution is -2.14. The van der Waals surface area contributed by atoms with E-state index in [4.69, 9.17) is 0 Å². The van der Waals surface area contributed by atoms with Crippen molar-refractivity contribution >= 4 is 9.84 Å². The summed E-state index contributed by atoms with van der Waals surface area (Å²) in [5, 5.41) is 9.89. The highest BCUT2D eigenvalue weighted by atomic mass is 32.2. The third-order valence-corrected chi connectivity index (χ3v) is 5.66. The second-order valence-electron chi connectivity index (χ2n) is 5.72. The van der Waals surface area contributed by atoms with Gasteiger partial charge in [-0.05, 0) is 25.2 Å². The normalized spacial score (nSPS) is 24.2. The van der Waals surface area contributed by atoms with Crippen LogP contribution in [0.3, 0.4) is 0 Å². The first-order valence-electron chi connectivity index (χ1n) is 7.42. The van der Waals surface area contributed by atoms with Crippen molar-refractivity contribution in [3.8, 4) is 0 Å². The molecule has 18 heavy (non-hydrogen) atoms. The average Bonchev–Trinajstić information content (AvgIpc) is 2.63. The van der Waals surface area contributed by atoms with E-state index in [9.17, 15) is 13.5 Å². The summed E-state index contributed by atoms with van der Waals surface area (Å²) in [4.78, 5) is 0. The van der Waals surface area contributed by atoms with Crippen molar-refractivity contribution in [1.82, 2.24) is 0 Å². The number of sulfone groups is 1. The van der Waals surface area contributed by atoms with Gasteiger partial charge in [-0.1, -0.05) is 45.4 Å². The summed E-state index contributed by atoms with van der Waals surface area (Å²) in [6.45, 7) is 2.21. The molecule has 3 nitrogen and oxygen atoms in total. The molecule has 2 atom stereocenters. The second kappa shape index (κ2) is 8.16. The van der Waals surface area contributed by atoms with Crippen molar-refractivity contribution in [1.29, 1.82) is 0 Å². The summed E-state index contributed by atoms with van der Waals surface area (Å²) >= 11 is 0. The van der Waals surface area contributed by atoms with Crippen LogP contribution in [0.1, 0.15) is 64.7 Å². The molecular formula is C14H28O3S. The van der Waals surface area contributed by atoms with Crippen LogP contribution in [-0.2, 0) is 9.84 Å². The van der Waals surface area contributed by atoms with Crippen molar-refractivity contribution in [3.63, 3.8) is 0 Å². The number of rotatable bonds is 9. The molecule has 0 aromatic carbocycles. The third-order valence-electron chi connectivity index (χ3n) is 3.82. The van der Waals surface area contributed by atoms with Gasteiger partial charge in [-0.3, -0.25) is 0 Å². The van der Waals surface area contributed by atoms with E-state index in [0.717, 1.165) is 19.3 Å². The minimum atomic E-state index is -2.79. The molecule has 1 aliphatic heterocycles. The summed E-state index contributed by atoms with van der Waals surface area (Å²) in [6, 6.07) is 0. The van der Waals surface area contributed by atoms with Crippen LogP contribution in [0.2, 0.25) is 0 Å². The van der Waals surface area contributed by atoms with Crippen LogP contribution in [0.15, 0.2) is 0 Å². The van der Waals surface area contributed by atoms with Crippen molar-refractivity contribution in [2.75, 3.05) is 11.5 Å². The zero-order valence-corrected chi connectivity index (χ0v) is 12.4.